The van der Waals surface area contributed by atoms with Gasteiger partial charge in [0.05, 0.1) is 42.8 Å². The summed E-state index contributed by atoms with van der Waals surface area (Å²) in [5.41, 5.74) is 11.3. The van der Waals surface area contributed by atoms with E-state index in [2.05, 4.69) is 39.9 Å². The van der Waals surface area contributed by atoms with E-state index in [-0.39, 0.29) is 82.1 Å². The van der Waals surface area contributed by atoms with E-state index in [0.717, 1.165) is 12.4 Å². The van der Waals surface area contributed by atoms with Crippen LogP contribution < -0.4 is 45.0 Å². The normalized spacial score (nSPS) is 14.0. The van der Waals surface area contributed by atoms with E-state index in [1.54, 1.807) is 9.80 Å². The molecule has 8 rings (SSSR count). The number of hydrogen-bond acceptors (Lipinski definition) is 20. The lowest BCUT2D eigenvalue weighted by molar-refractivity contribution is 0.155. The highest BCUT2D eigenvalue weighted by Crippen LogP contribution is 2.33. The molecule has 0 amide bonds. The average molecular weight is 897 g/mol. The van der Waals surface area contributed by atoms with Gasteiger partial charge in [0.1, 0.15) is 47.9 Å². The third-order valence-corrected chi connectivity index (χ3v) is 9.70. The van der Waals surface area contributed by atoms with Crippen molar-refractivity contribution < 1.29 is 46.4 Å². The molecule has 2 aliphatic rings. The zero-order valence-electron chi connectivity index (χ0n) is 34.1. The zero-order valence-corrected chi connectivity index (χ0v) is 34.1. The third-order valence-electron chi connectivity index (χ3n) is 9.70. The summed E-state index contributed by atoms with van der Waals surface area (Å²) in [7, 11) is 1.45. The minimum atomic E-state index is -0.775. The molecule has 0 atom stereocenters. The third kappa shape index (κ3) is 11.1. The van der Waals surface area contributed by atoms with Crippen molar-refractivity contribution in [3.8, 4) is 58.9 Å². The minimum Gasteiger partial charge on any atom is -0.508 e. The Morgan fingerprint density at radius 2 is 1.05 bits per heavy atom. The van der Waals surface area contributed by atoms with E-state index >= 15 is 8.78 Å². The van der Waals surface area contributed by atoms with Gasteiger partial charge in [0.15, 0.2) is 34.9 Å². The molecule has 2 fully saturated rings. The first kappa shape index (κ1) is 44.5. The first-order valence-electron chi connectivity index (χ1n) is 19.5. The molecule has 0 aliphatic carbocycles. The Labute approximate surface area is 366 Å². The average Bonchev–Trinajstić information content (AvgIpc) is 3.31. The highest BCUT2D eigenvalue weighted by atomic mass is 19.1. The molecule has 2 aromatic carbocycles. The number of nitrogens with two attached hydrogens (primary N) is 2. The number of phenolic OH excluding ortho intramolecular Hbond substituents is 1. The number of ether oxygens (including phenoxy) is 5. The predicted octanol–water partition coefficient (Wildman–Crippen LogP) is 5.39. The van der Waals surface area contributed by atoms with Crippen LogP contribution in [0.1, 0.15) is 36.8 Å². The molecule has 24 heteroatoms. The van der Waals surface area contributed by atoms with Crippen LogP contribution in [0.25, 0.3) is 0 Å². The maximum atomic E-state index is 15.1. The van der Waals surface area contributed by atoms with Crippen molar-refractivity contribution in [1.29, 1.82) is 10.5 Å². The number of hydrogen-bond donors (Lipinski definition) is 3. The van der Waals surface area contributed by atoms with Crippen molar-refractivity contribution in [2.75, 3.05) is 54.6 Å². The Bertz CT molecular complexity index is 2750. The second kappa shape index (κ2) is 20.1. The fourth-order valence-corrected chi connectivity index (χ4v) is 6.53. The molecule has 5 N–H and O–H groups in total. The van der Waals surface area contributed by atoms with Crippen molar-refractivity contribution in [2.45, 2.75) is 37.9 Å². The van der Waals surface area contributed by atoms with E-state index in [0.29, 0.717) is 63.2 Å². The number of aromatic hydroxyl groups is 1. The maximum absolute atomic E-state index is 15.1. The Balaban J connectivity index is 0.000000194. The summed E-state index contributed by atoms with van der Waals surface area (Å²) in [6, 6.07) is 12.2. The molecule has 0 bridgehead atoms. The molecule has 0 spiro atoms. The standard InChI is InChI=1S/C21H19F2N7O3.C20H17F2N7O3/c1-31-14-6-12(9-24)7-15(8-14)32-20-17(23)19(27-11-28-20)30-4-2-13(3-5-30)33-21-26-10-16(22)18(25)29-21;21-15-9-25-20(28-17(15)24)32-13-1-3-29(4-2-13)18-16(22)19(27-10-26-18)31-14-6-11(8-23)5-12(30)7-14/h6-8,10-11,13H,2-5H2,1H3,(H2,25,26,29);5-7,9-10,13,30H,1-4H2,(H2,24,25,28). The predicted molar refractivity (Wildman–Crippen MR) is 219 cm³/mol. The number of phenols is 1. The largest absolute Gasteiger partial charge is 0.508 e. The summed E-state index contributed by atoms with van der Waals surface area (Å²) in [6.07, 6.45) is 5.85. The first-order chi connectivity index (χ1) is 31.4. The van der Waals surface area contributed by atoms with E-state index in [4.69, 9.17) is 45.7 Å². The number of nitrogen functional groups attached to an aromatic ring is 2. The fourth-order valence-electron chi connectivity index (χ4n) is 6.53. The summed E-state index contributed by atoms with van der Waals surface area (Å²) < 4.78 is 84.0. The summed E-state index contributed by atoms with van der Waals surface area (Å²) in [5, 5.41) is 27.8. The number of nitriles is 2. The number of nitrogens with zero attached hydrogens (tertiary/aromatic N) is 12. The minimum absolute atomic E-state index is 0.00807. The lowest BCUT2D eigenvalue weighted by atomic mass is 10.1. The van der Waals surface area contributed by atoms with Crippen molar-refractivity contribution in [2.24, 2.45) is 0 Å². The number of benzene rings is 2. The molecule has 6 heterocycles. The van der Waals surface area contributed by atoms with Crippen LogP contribution in [0.5, 0.6) is 46.8 Å². The second-order valence-electron chi connectivity index (χ2n) is 14.1. The molecule has 0 unspecified atom stereocenters. The van der Waals surface area contributed by atoms with E-state index in [9.17, 15) is 13.9 Å². The van der Waals surface area contributed by atoms with Crippen molar-refractivity contribution >= 4 is 23.3 Å². The lowest BCUT2D eigenvalue weighted by Gasteiger charge is -2.32. The second-order valence-corrected chi connectivity index (χ2v) is 14.1. The van der Waals surface area contributed by atoms with Crippen LogP contribution in [0, 0.1) is 45.9 Å². The van der Waals surface area contributed by atoms with Crippen molar-refractivity contribution in [3.05, 3.63) is 95.8 Å². The number of halogens is 4. The van der Waals surface area contributed by atoms with Crippen LogP contribution in [0.3, 0.4) is 0 Å². The van der Waals surface area contributed by atoms with Crippen LogP contribution in [0.2, 0.25) is 0 Å². The molecule has 2 aliphatic heterocycles. The maximum Gasteiger partial charge on any atom is 0.318 e. The van der Waals surface area contributed by atoms with Gasteiger partial charge in [-0.2, -0.15) is 39.2 Å². The van der Waals surface area contributed by atoms with Crippen LogP contribution in [-0.4, -0.2) is 90.5 Å². The van der Waals surface area contributed by atoms with Crippen LogP contribution >= 0.6 is 0 Å². The summed E-state index contributed by atoms with van der Waals surface area (Å²) in [6.45, 7) is 1.71. The molecular weight excluding hydrogens is 861 g/mol. The van der Waals surface area contributed by atoms with Gasteiger partial charge in [-0.15, -0.1) is 0 Å². The van der Waals surface area contributed by atoms with Gasteiger partial charge in [-0.25, -0.2) is 28.7 Å². The highest BCUT2D eigenvalue weighted by molar-refractivity contribution is 5.49. The van der Waals surface area contributed by atoms with Crippen LogP contribution in [-0.2, 0) is 0 Å². The van der Waals surface area contributed by atoms with Gasteiger partial charge in [0, 0.05) is 64.0 Å². The summed E-state index contributed by atoms with van der Waals surface area (Å²) in [5.74, 6) is -3.51. The Morgan fingerprint density at radius 3 is 1.48 bits per heavy atom. The SMILES string of the molecule is COc1cc(C#N)cc(Oc2ncnc(N3CCC(Oc4ncc(F)c(N)n4)CC3)c2F)c1.N#Cc1cc(O)cc(Oc2ncnc(N3CCC(Oc4ncc(F)c(N)n4)CC3)c2F)c1. The van der Waals surface area contributed by atoms with Crippen LogP contribution in [0.15, 0.2) is 61.4 Å². The van der Waals surface area contributed by atoms with Gasteiger partial charge in [0.25, 0.3) is 11.8 Å². The van der Waals surface area contributed by atoms with Gasteiger partial charge in [-0.3, -0.25) is 0 Å². The smallest absolute Gasteiger partial charge is 0.318 e. The number of rotatable bonds is 11. The molecule has 0 radical (unpaired) electrons. The highest BCUT2D eigenvalue weighted by Gasteiger charge is 2.28. The van der Waals surface area contributed by atoms with Gasteiger partial charge in [0.2, 0.25) is 11.6 Å². The molecule has 2 saturated heterocycles. The molecular formula is C41H36F4N14O6. The monoisotopic (exact) mass is 896 g/mol. The van der Waals surface area contributed by atoms with E-state index in [1.165, 1.54) is 56.2 Å². The molecule has 0 saturated carbocycles. The number of methoxy groups -OCH3 is 1. The van der Waals surface area contributed by atoms with Gasteiger partial charge < -0.3 is 50.1 Å². The summed E-state index contributed by atoms with van der Waals surface area (Å²) in [4.78, 5) is 34.3. The summed E-state index contributed by atoms with van der Waals surface area (Å²) >= 11 is 0. The number of aromatic nitrogens is 8. The van der Waals surface area contributed by atoms with E-state index in [1.807, 2.05) is 12.1 Å². The molecule has 334 valence electrons. The Hall–Kier alpha value is -8.54. The molecule has 4 aromatic heterocycles. The van der Waals surface area contributed by atoms with Crippen molar-refractivity contribution in [3.63, 3.8) is 0 Å². The Kier molecular flexibility index (Phi) is 13.8. The quantitative estimate of drug-likeness (QED) is 0.137. The van der Waals surface area contributed by atoms with Gasteiger partial charge >= 0.3 is 12.0 Å². The molecule has 20 nitrogen and oxygen atoms in total. The Morgan fingerprint density at radius 1 is 0.615 bits per heavy atom. The van der Waals surface area contributed by atoms with Crippen LogP contribution in [0.4, 0.5) is 40.8 Å². The van der Waals surface area contributed by atoms with Crippen molar-refractivity contribution in [1.82, 2.24) is 39.9 Å². The topological polar surface area (TPSA) is 276 Å². The first-order valence-corrected chi connectivity index (χ1v) is 19.5. The number of piperidine rings is 2. The fraction of sp³-hybridized carbons (Fsp3) is 0.268. The zero-order chi connectivity index (χ0) is 46.0. The van der Waals surface area contributed by atoms with Gasteiger partial charge in [-0.05, 0) is 24.3 Å². The van der Waals surface area contributed by atoms with E-state index < -0.39 is 23.3 Å². The lowest BCUT2D eigenvalue weighted by Crippen LogP contribution is -2.39. The van der Waals surface area contributed by atoms with Gasteiger partial charge in [-0.1, -0.05) is 0 Å². The molecule has 6 aromatic rings. The molecule has 65 heavy (non-hydrogen) atoms. The number of anilines is 4.